The van der Waals surface area contributed by atoms with Gasteiger partial charge in [0.2, 0.25) is 5.91 Å². The third-order valence-corrected chi connectivity index (χ3v) is 4.42. The maximum Gasteiger partial charge on any atom is 0.241 e. The molecule has 0 saturated carbocycles. The van der Waals surface area contributed by atoms with E-state index in [9.17, 15) is 4.79 Å². The first-order valence-electron chi connectivity index (χ1n) is 8.38. The lowest BCUT2D eigenvalue weighted by molar-refractivity contribution is -0.122. The van der Waals surface area contributed by atoms with E-state index in [1.807, 2.05) is 18.2 Å². The second-order valence-electron chi connectivity index (χ2n) is 6.04. The standard InChI is InChI=1S/C18H24N4O2/c1-24-16-7-4-6-15(12-16)17(21-9-2-3-10-21)13-19-18(23)14-22-11-5-8-20-22/h4-8,11-12,17H,2-3,9-10,13-14H2,1H3,(H,19,23)/t17-/m1/s1. The summed E-state index contributed by atoms with van der Waals surface area (Å²) in [6.45, 7) is 2.97. The highest BCUT2D eigenvalue weighted by Gasteiger charge is 2.24. The average Bonchev–Trinajstić information content (AvgIpc) is 3.29. The minimum Gasteiger partial charge on any atom is -0.497 e. The Morgan fingerprint density at radius 1 is 1.33 bits per heavy atom. The average molecular weight is 328 g/mol. The minimum atomic E-state index is -0.0224. The lowest BCUT2D eigenvalue weighted by Gasteiger charge is -2.28. The molecule has 1 aromatic carbocycles. The van der Waals surface area contributed by atoms with Crippen LogP contribution in [0, 0.1) is 0 Å². The molecule has 3 rings (SSSR count). The van der Waals surface area contributed by atoms with Crippen molar-refractivity contribution in [1.82, 2.24) is 20.0 Å². The minimum absolute atomic E-state index is 0.0224. The van der Waals surface area contributed by atoms with Gasteiger partial charge in [0.15, 0.2) is 0 Å². The van der Waals surface area contributed by atoms with Gasteiger partial charge >= 0.3 is 0 Å². The highest BCUT2D eigenvalue weighted by molar-refractivity contribution is 5.75. The molecule has 1 aliphatic rings. The lowest BCUT2D eigenvalue weighted by atomic mass is 10.0. The first kappa shape index (κ1) is 16.5. The molecule has 128 valence electrons. The molecule has 1 amide bonds. The van der Waals surface area contributed by atoms with Crippen molar-refractivity contribution < 1.29 is 9.53 Å². The van der Waals surface area contributed by atoms with Crippen LogP contribution in [0.25, 0.3) is 0 Å². The van der Waals surface area contributed by atoms with Crippen LogP contribution in [0.1, 0.15) is 24.4 Å². The van der Waals surface area contributed by atoms with Gasteiger partial charge in [-0.3, -0.25) is 14.4 Å². The van der Waals surface area contributed by atoms with Gasteiger partial charge in [0.25, 0.3) is 0 Å². The number of likely N-dealkylation sites (tertiary alicyclic amines) is 1. The van der Waals surface area contributed by atoms with Crippen molar-refractivity contribution in [3.8, 4) is 5.75 Å². The van der Waals surface area contributed by atoms with Gasteiger partial charge in [-0.05, 0) is 49.7 Å². The molecule has 0 radical (unpaired) electrons. The van der Waals surface area contributed by atoms with Crippen LogP contribution in [0.4, 0.5) is 0 Å². The van der Waals surface area contributed by atoms with Gasteiger partial charge in [-0.1, -0.05) is 12.1 Å². The van der Waals surface area contributed by atoms with E-state index in [-0.39, 0.29) is 18.5 Å². The van der Waals surface area contributed by atoms with Crippen molar-refractivity contribution in [1.29, 1.82) is 0 Å². The number of amides is 1. The summed E-state index contributed by atoms with van der Waals surface area (Å²) in [4.78, 5) is 14.6. The number of carbonyl (C=O) groups excluding carboxylic acids is 1. The zero-order chi connectivity index (χ0) is 16.8. The number of hydrogen-bond donors (Lipinski definition) is 1. The summed E-state index contributed by atoms with van der Waals surface area (Å²) in [5, 5.41) is 7.12. The van der Waals surface area contributed by atoms with Crippen LogP contribution in [0.2, 0.25) is 0 Å². The number of ether oxygens (including phenoxy) is 1. The van der Waals surface area contributed by atoms with E-state index in [4.69, 9.17) is 4.74 Å². The summed E-state index contributed by atoms with van der Waals surface area (Å²) in [6, 6.07) is 10.1. The number of benzene rings is 1. The monoisotopic (exact) mass is 328 g/mol. The number of methoxy groups -OCH3 is 1. The second-order valence-corrected chi connectivity index (χ2v) is 6.04. The molecule has 1 fully saturated rings. The first-order valence-corrected chi connectivity index (χ1v) is 8.38. The Balaban J connectivity index is 1.66. The Hall–Kier alpha value is -2.34. The zero-order valence-corrected chi connectivity index (χ0v) is 14.0. The summed E-state index contributed by atoms with van der Waals surface area (Å²) in [5.41, 5.74) is 1.18. The molecule has 0 unspecified atom stereocenters. The maximum absolute atomic E-state index is 12.2. The number of nitrogens with one attached hydrogen (secondary N) is 1. The smallest absolute Gasteiger partial charge is 0.241 e. The molecule has 2 aromatic rings. The number of nitrogens with zero attached hydrogens (tertiary/aromatic N) is 3. The molecule has 0 spiro atoms. The topological polar surface area (TPSA) is 59.4 Å². The van der Waals surface area contributed by atoms with E-state index in [0.29, 0.717) is 6.54 Å². The fraction of sp³-hybridized carbons (Fsp3) is 0.444. The van der Waals surface area contributed by atoms with Gasteiger partial charge in [-0.15, -0.1) is 0 Å². The molecular formula is C18H24N4O2. The molecule has 1 aromatic heterocycles. The molecule has 1 N–H and O–H groups in total. The summed E-state index contributed by atoms with van der Waals surface area (Å²) >= 11 is 0. The fourth-order valence-electron chi connectivity index (χ4n) is 3.17. The van der Waals surface area contributed by atoms with Gasteiger partial charge in [-0.25, -0.2) is 0 Å². The Morgan fingerprint density at radius 3 is 2.88 bits per heavy atom. The largest absolute Gasteiger partial charge is 0.497 e. The molecule has 0 bridgehead atoms. The molecule has 6 heteroatoms. The van der Waals surface area contributed by atoms with Gasteiger partial charge < -0.3 is 10.1 Å². The van der Waals surface area contributed by atoms with Crippen LogP contribution >= 0.6 is 0 Å². The summed E-state index contributed by atoms with van der Waals surface area (Å²) < 4.78 is 6.98. The highest BCUT2D eigenvalue weighted by Crippen LogP contribution is 2.27. The number of rotatable bonds is 7. The summed E-state index contributed by atoms with van der Waals surface area (Å²) in [6.07, 6.45) is 5.89. The zero-order valence-electron chi connectivity index (χ0n) is 14.0. The first-order chi connectivity index (χ1) is 11.8. The Bertz CT molecular complexity index is 651. The van der Waals surface area contributed by atoms with Crippen molar-refractivity contribution >= 4 is 5.91 Å². The van der Waals surface area contributed by atoms with E-state index in [1.165, 1.54) is 18.4 Å². The van der Waals surface area contributed by atoms with E-state index in [0.717, 1.165) is 18.8 Å². The van der Waals surface area contributed by atoms with Crippen LogP contribution in [0.5, 0.6) is 5.75 Å². The van der Waals surface area contributed by atoms with Crippen LogP contribution in [0.15, 0.2) is 42.7 Å². The normalized spacial score (nSPS) is 16.0. The van der Waals surface area contributed by atoms with Gasteiger partial charge in [0.1, 0.15) is 12.3 Å². The van der Waals surface area contributed by atoms with Crippen molar-refractivity contribution in [2.75, 3.05) is 26.7 Å². The summed E-state index contributed by atoms with van der Waals surface area (Å²) in [5.74, 6) is 0.824. The molecule has 6 nitrogen and oxygen atoms in total. The molecule has 2 heterocycles. The third-order valence-electron chi connectivity index (χ3n) is 4.42. The Morgan fingerprint density at radius 2 is 2.17 bits per heavy atom. The Labute approximate surface area is 142 Å². The van der Waals surface area contributed by atoms with Crippen molar-refractivity contribution in [3.63, 3.8) is 0 Å². The van der Waals surface area contributed by atoms with Crippen LogP contribution in [-0.4, -0.2) is 47.3 Å². The molecule has 1 atom stereocenters. The van der Waals surface area contributed by atoms with E-state index < -0.39 is 0 Å². The number of hydrogen-bond acceptors (Lipinski definition) is 4. The summed E-state index contributed by atoms with van der Waals surface area (Å²) in [7, 11) is 1.68. The molecule has 0 aliphatic carbocycles. The predicted octanol–water partition coefficient (Wildman–Crippen LogP) is 1.84. The van der Waals surface area contributed by atoms with Gasteiger partial charge in [-0.2, -0.15) is 5.10 Å². The predicted molar refractivity (Wildman–Crippen MR) is 91.8 cm³/mol. The number of carbonyl (C=O) groups is 1. The highest BCUT2D eigenvalue weighted by atomic mass is 16.5. The molecule has 24 heavy (non-hydrogen) atoms. The van der Waals surface area contributed by atoms with Crippen molar-refractivity contribution in [3.05, 3.63) is 48.3 Å². The second kappa shape index (κ2) is 7.97. The van der Waals surface area contributed by atoms with Crippen LogP contribution in [0.3, 0.4) is 0 Å². The van der Waals surface area contributed by atoms with Crippen LogP contribution in [-0.2, 0) is 11.3 Å². The third kappa shape index (κ3) is 4.14. The molecular weight excluding hydrogens is 304 g/mol. The quantitative estimate of drug-likeness (QED) is 0.843. The van der Waals surface area contributed by atoms with E-state index in [2.05, 4.69) is 27.4 Å². The number of aromatic nitrogens is 2. The van der Waals surface area contributed by atoms with Crippen molar-refractivity contribution in [2.45, 2.75) is 25.4 Å². The SMILES string of the molecule is COc1cccc([C@@H](CNC(=O)Cn2cccn2)N2CCCC2)c1. The van der Waals surface area contributed by atoms with Crippen LogP contribution < -0.4 is 10.1 Å². The molecule has 1 aliphatic heterocycles. The lowest BCUT2D eigenvalue weighted by Crippen LogP contribution is -2.38. The van der Waals surface area contributed by atoms with Crippen molar-refractivity contribution in [2.24, 2.45) is 0 Å². The van der Waals surface area contributed by atoms with Gasteiger partial charge in [0.05, 0.1) is 13.2 Å². The Kier molecular flexibility index (Phi) is 5.48. The fourth-order valence-corrected chi connectivity index (χ4v) is 3.17. The molecule has 1 saturated heterocycles. The van der Waals surface area contributed by atoms with E-state index >= 15 is 0 Å². The van der Waals surface area contributed by atoms with E-state index in [1.54, 1.807) is 24.2 Å². The van der Waals surface area contributed by atoms with Gasteiger partial charge in [0, 0.05) is 18.9 Å². The maximum atomic E-state index is 12.2.